The molecule has 1 fully saturated rings. The van der Waals surface area contributed by atoms with Gasteiger partial charge in [-0.3, -0.25) is 4.99 Å². The molecule has 124 valence electrons. The predicted molar refractivity (Wildman–Crippen MR) is 106 cm³/mol. The zero-order valence-electron chi connectivity index (χ0n) is 13.8. The molecule has 0 unspecified atom stereocenters. The first kappa shape index (κ1) is 19.1. The predicted octanol–water partition coefficient (Wildman–Crippen LogP) is 3.10. The highest BCUT2D eigenvalue weighted by molar-refractivity contribution is 14.0. The van der Waals surface area contributed by atoms with Crippen molar-refractivity contribution in [3.8, 4) is 0 Å². The van der Waals surface area contributed by atoms with Crippen molar-refractivity contribution in [3.63, 3.8) is 0 Å². The second-order valence-corrected chi connectivity index (χ2v) is 5.95. The lowest BCUT2D eigenvalue weighted by Crippen LogP contribution is -2.40. The van der Waals surface area contributed by atoms with Crippen LogP contribution in [0.2, 0.25) is 0 Å². The third-order valence-corrected chi connectivity index (χ3v) is 4.03. The van der Waals surface area contributed by atoms with Crippen LogP contribution in [0.3, 0.4) is 0 Å². The van der Waals surface area contributed by atoms with Crippen LogP contribution in [-0.4, -0.2) is 44.6 Å². The fourth-order valence-electron chi connectivity index (χ4n) is 2.66. The van der Waals surface area contributed by atoms with E-state index in [2.05, 4.69) is 53.2 Å². The summed E-state index contributed by atoms with van der Waals surface area (Å²) in [4.78, 5) is 8.86. The van der Waals surface area contributed by atoms with Crippen LogP contribution >= 0.6 is 24.0 Å². The lowest BCUT2D eigenvalue weighted by atomic mass is 10.1. The van der Waals surface area contributed by atoms with Crippen LogP contribution in [0, 0.1) is 0 Å². The first-order chi connectivity index (χ1) is 10.2. The van der Waals surface area contributed by atoms with Crippen molar-refractivity contribution in [2.45, 2.75) is 32.1 Å². The number of likely N-dealkylation sites (tertiary alicyclic amines) is 1. The largest absolute Gasteiger partial charge is 0.378 e. The van der Waals surface area contributed by atoms with Crippen LogP contribution in [0.5, 0.6) is 0 Å². The molecule has 0 saturated carbocycles. The minimum atomic E-state index is 0. The molecule has 1 aliphatic heterocycles. The van der Waals surface area contributed by atoms with E-state index in [0.717, 1.165) is 38.4 Å². The number of hydrogen-bond donors (Lipinski definition) is 1. The molecule has 1 heterocycles. The number of benzene rings is 1. The number of aryl methyl sites for hydroxylation is 1. The maximum atomic E-state index is 6.05. The summed E-state index contributed by atoms with van der Waals surface area (Å²) in [5.74, 6) is 0.734. The first-order valence-electron chi connectivity index (χ1n) is 7.98. The van der Waals surface area contributed by atoms with Gasteiger partial charge in [0.1, 0.15) is 0 Å². The van der Waals surface area contributed by atoms with Gasteiger partial charge in [-0.2, -0.15) is 0 Å². The van der Waals surface area contributed by atoms with Crippen molar-refractivity contribution < 1.29 is 0 Å². The highest BCUT2D eigenvalue weighted by Crippen LogP contribution is 2.13. The van der Waals surface area contributed by atoms with Crippen molar-refractivity contribution in [3.05, 3.63) is 29.8 Å². The van der Waals surface area contributed by atoms with E-state index >= 15 is 0 Å². The Labute approximate surface area is 151 Å². The molecule has 2 rings (SSSR count). The SMILES string of the molecule is CN(C)c1ccc(CCCN=C(N)N2CCCCC2)cc1.I. The van der Waals surface area contributed by atoms with E-state index in [-0.39, 0.29) is 24.0 Å². The zero-order valence-corrected chi connectivity index (χ0v) is 16.1. The summed E-state index contributed by atoms with van der Waals surface area (Å²) in [6, 6.07) is 8.74. The standard InChI is InChI=1S/C17H28N4.HI/c1-20(2)16-10-8-15(9-11-16)7-6-12-19-17(18)21-13-4-3-5-14-21;/h8-11H,3-7,12-14H2,1-2H3,(H2,18,19);1H. The van der Waals surface area contributed by atoms with Gasteiger partial charge in [-0.25, -0.2) is 0 Å². The summed E-state index contributed by atoms with van der Waals surface area (Å²) in [5, 5.41) is 0. The third kappa shape index (κ3) is 6.02. The van der Waals surface area contributed by atoms with Gasteiger partial charge in [0.05, 0.1) is 0 Å². The average Bonchev–Trinajstić information content (AvgIpc) is 2.52. The molecule has 1 aromatic rings. The molecule has 0 radical (unpaired) electrons. The molecule has 5 heteroatoms. The Bertz CT molecular complexity index is 450. The van der Waals surface area contributed by atoms with Gasteiger partial charge in [0.2, 0.25) is 0 Å². The minimum Gasteiger partial charge on any atom is -0.378 e. The molecule has 0 spiro atoms. The van der Waals surface area contributed by atoms with Crippen molar-refractivity contribution >= 4 is 35.6 Å². The lowest BCUT2D eigenvalue weighted by molar-refractivity contribution is 0.338. The van der Waals surface area contributed by atoms with E-state index in [4.69, 9.17) is 5.73 Å². The van der Waals surface area contributed by atoms with Crippen LogP contribution in [0.25, 0.3) is 0 Å². The summed E-state index contributed by atoms with van der Waals surface area (Å²) in [7, 11) is 4.13. The number of halogens is 1. The normalized spacial score (nSPS) is 15.4. The zero-order chi connectivity index (χ0) is 15.1. The quantitative estimate of drug-likeness (QED) is 0.347. The van der Waals surface area contributed by atoms with Gasteiger partial charge < -0.3 is 15.5 Å². The van der Waals surface area contributed by atoms with E-state index in [0.29, 0.717) is 0 Å². The molecule has 1 aliphatic rings. The number of aliphatic imine (C=N–C) groups is 1. The van der Waals surface area contributed by atoms with Crippen LogP contribution in [0.1, 0.15) is 31.2 Å². The second-order valence-electron chi connectivity index (χ2n) is 5.95. The highest BCUT2D eigenvalue weighted by atomic mass is 127. The molecule has 0 aliphatic carbocycles. The topological polar surface area (TPSA) is 44.9 Å². The van der Waals surface area contributed by atoms with E-state index in [1.54, 1.807) is 0 Å². The monoisotopic (exact) mass is 416 g/mol. The van der Waals surface area contributed by atoms with Crippen LogP contribution in [-0.2, 0) is 6.42 Å². The third-order valence-electron chi connectivity index (χ3n) is 4.03. The molecule has 4 nitrogen and oxygen atoms in total. The maximum absolute atomic E-state index is 6.05. The molecule has 0 amide bonds. The van der Waals surface area contributed by atoms with Crippen LogP contribution in [0.15, 0.2) is 29.3 Å². The van der Waals surface area contributed by atoms with Crippen molar-refractivity contribution in [1.82, 2.24) is 4.90 Å². The molecule has 0 atom stereocenters. The second kappa shape index (κ2) is 9.92. The Hall–Kier alpha value is -0.980. The first-order valence-corrected chi connectivity index (χ1v) is 7.98. The van der Waals surface area contributed by atoms with E-state index < -0.39 is 0 Å². The van der Waals surface area contributed by atoms with Gasteiger partial charge >= 0.3 is 0 Å². The summed E-state index contributed by atoms with van der Waals surface area (Å²) in [6.45, 7) is 2.96. The maximum Gasteiger partial charge on any atom is 0.191 e. The van der Waals surface area contributed by atoms with Gasteiger partial charge in [-0.05, 0) is 49.8 Å². The summed E-state index contributed by atoms with van der Waals surface area (Å²) in [6.07, 6.45) is 5.93. The van der Waals surface area contributed by atoms with Crippen molar-refractivity contribution in [2.75, 3.05) is 38.6 Å². The molecular formula is C17H29IN4. The smallest absolute Gasteiger partial charge is 0.191 e. The van der Waals surface area contributed by atoms with Crippen LogP contribution in [0.4, 0.5) is 5.69 Å². The Balaban J connectivity index is 0.00000242. The molecular weight excluding hydrogens is 387 g/mol. The summed E-state index contributed by atoms with van der Waals surface area (Å²) < 4.78 is 0. The Morgan fingerprint density at radius 2 is 1.77 bits per heavy atom. The molecule has 0 aromatic heterocycles. The average molecular weight is 416 g/mol. The number of nitrogens with zero attached hydrogens (tertiary/aromatic N) is 3. The molecule has 0 bridgehead atoms. The lowest BCUT2D eigenvalue weighted by Gasteiger charge is -2.27. The number of hydrogen-bond acceptors (Lipinski definition) is 2. The Morgan fingerprint density at radius 1 is 1.14 bits per heavy atom. The number of nitrogens with two attached hydrogens (primary N) is 1. The molecule has 2 N–H and O–H groups in total. The summed E-state index contributed by atoms with van der Waals surface area (Å²) >= 11 is 0. The van der Waals surface area contributed by atoms with E-state index in [1.165, 1.54) is 30.5 Å². The minimum absolute atomic E-state index is 0. The molecule has 1 aromatic carbocycles. The van der Waals surface area contributed by atoms with Gasteiger partial charge in [0.15, 0.2) is 5.96 Å². The molecule has 1 saturated heterocycles. The summed E-state index contributed by atoms with van der Waals surface area (Å²) in [5.41, 5.74) is 8.66. The fourth-order valence-corrected chi connectivity index (χ4v) is 2.66. The van der Waals surface area contributed by atoms with Gasteiger partial charge in [0, 0.05) is 39.4 Å². The van der Waals surface area contributed by atoms with Gasteiger partial charge in [0.25, 0.3) is 0 Å². The Kier molecular flexibility index (Phi) is 8.60. The van der Waals surface area contributed by atoms with E-state index in [1.807, 2.05) is 0 Å². The number of guanidine groups is 1. The Morgan fingerprint density at radius 3 is 2.36 bits per heavy atom. The van der Waals surface area contributed by atoms with Crippen molar-refractivity contribution in [1.29, 1.82) is 0 Å². The fraction of sp³-hybridized carbons (Fsp3) is 0.588. The van der Waals surface area contributed by atoms with Crippen molar-refractivity contribution in [2.24, 2.45) is 10.7 Å². The molecule has 22 heavy (non-hydrogen) atoms. The van der Waals surface area contributed by atoms with Gasteiger partial charge in [-0.15, -0.1) is 24.0 Å². The number of rotatable bonds is 5. The highest BCUT2D eigenvalue weighted by Gasteiger charge is 2.11. The van der Waals surface area contributed by atoms with E-state index in [9.17, 15) is 0 Å². The number of piperidine rings is 1. The van der Waals surface area contributed by atoms with Gasteiger partial charge in [-0.1, -0.05) is 12.1 Å². The van der Waals surface area contributed by atoms with Crippen LogP contribution < -0.4 is 10.6 Å². The number of anilines is 1.